The Hall–Kier alpha value is -2.57. The van der Waals surface area contributed by atoms with Crippen LogP contribution in [-0.4, -0.2) is 43.7 Å². The number of hydrogen-bond donors (Lipinski definition) is 1. The van der Waals surface area contributed by atoms with Gasteiger partial charge < -0.3 is 19.2 Å². The lowest BCUT2D eigenvalue weighted by Crippen LogP contribution is -2.22. The van der Waals surface area contributed by atoms with E-state index in [9.17, 15) is 10.1 Å². The van der Waals surface area contributed by atoms with Crippen LogP contribution in [0.1, 0.15) is 35.5 Å². The van der Waals surface area contributed by atoms with E-state index in [0.717, 1.165) is 36.5 Å². The summed E-state index contributed by atoms with van der Waals surface area (Å²) in [7, 11) is 0. The van der Waals surface area contributed by atoms with Crippen molar-refractivity contribution in [2.24, 2.45) is 0 Å². The number of amides is 1. The number of nitrogens with zero attached hydrogens (tertiary/aromatic N) is 5. The molecule has 0 bridgehead atoms. The number of ether oxygens (including phenoxy) is 1. The van der Waals surface area contributed by atoms with Gasteiger partial charge >= 0.3 is 0 Å². The van der Waals surface area contributed by atoms with Crippen molar-refractivity contribution in [1.29, 1.82) is 5.26 Å². The molecule has 1 aliphatic rings. The number of allylic oxidation sites excluding steroid dienone is 1. The van der Waals surface area contributed by atoms with Gasteiger partial charge in [-0.3, -0.25) is 4.79 Å². The number of nitrogens with one attached hydrogen (secondary N) is 1. The summed E-state index contributed by atoms with van der Waals surface area (Å²) < 4.78 is 9.65. The van der Waals surface area contributed by atoms with Gasteiger partial charge in [0.25, 0.3) is 0 Å². The van der Waals surface area contributed by atoms with E-state index in [2.05, 4.69) is 28.2 Å². The fourth-order valence-corrected chi connectivity index (χ4v) is 4.25. The van der Waals surface area contributed by atoms with Gasteiger partial charge in [-0.2, -0.15) is 5.26 Å². The molecule has 1 unspecified atom stereocenters. The Morgan fingerprint density at radius 3 is 2.86 bits per heavy atom. The molecule has 1 saturated heterocycles. The zero-order chi connectivity index (χ0) is 21.0. The minimum Gasteiger partial charge on any atom is -0.376 e. The van der Waals surface area contributed by atoms with Crippen LogP contribution in [-0.2, 0) is 22.6 Å². The molecule has 1 atom stereocenters. The third-order valence-corrected chi connectivity index (χ3v) is 6.12. The van der Waals surface area contributed by atoms with Crippen LogP contribution in [0, 0.1) is 32.1 Å². The van der Waals surface area contributed by atoms with Crippen LogP contribution in [0.4, 0.5) is 5.82 Å². The van der Waals surface area contributed by atoms with Crippen molar-refractivity contribution in [1.82, 2.24) is 19.3 Å². The van der Waals surface area contributed by atoms with Gasteiger partial charge in [-0.25, -0.2) is 0 Å². The summed E-state index contributed by atoms with van der Waals surface area (Å²) in [5, 5.41) is 21.4. The standard InChI is InChI=1S/C20H26N6O2S/c1-5-8-25-15(4)23-24-20(25)29-12-18(27)22-19-17(10-21)13(2)14(3)26(19)11-16-7-6-9-28-16/h5,16H,1,6-9,11-12H2,2-4H3,(H,22,27). The van der Waals surface area contributed by atoms with E-state index in [4.69, 9.17) is 4.74 Å². The lowest BCUT2D eigenvalue weighted by Gasteiger charge is -2.16. The summed E-state index contributed by atoms with van der Waals surface area (Å²) in [6.45, 7) is 11.5. The van der Waals surface area contributed by atoms with Crippen LogP contribution in [0.25, 0.3) is 0 Å². The Kier molecular flexibility index (Phi) is 6.77. The topological polar surface area (TPSA) is 97.8 Å². The second kappa shape index (κ2) is 9.29. The molecule has 0 saturated carbocycles. The highest BCUT2D eigenvalue weighted by Crippen LogP contribution is 2.29. The number of hydrogen-bond acceptors (Lipinski definition) is 6. The number of carbonyl (C=O) groups is 1. The van der Waals surface area contributed by atoms with Crippen LogP contribution in [0.3, 0.4) is 0 Å². The number of anilines is 1. The molecule has 8 nitrogen and oxygen atoms in total. The largest absolute Gasteiger partial charge is 0.376 e. The van der Waals surface area contributed by atoms with Crippen molar-refractivity contribution < 1.29 is 9.53 Å². The van der Waals surface area contributed by atoms with Gasteiger partial charge in [0.2, 0.25) is 5.91 Å². The van der Waals surface area contributed by atoms with Crippen molar-refractivity contribution in [3.05, 3.63) is 35.3 Å². The molecule has 0 spiro atoms. The second-order valence-electron chi connectivity index (χ2n) is 7.06. The molecule has 1 fully saturated rings. The van der Waals surface area contributed by atoms with E-state index in [1.807, 2.05) is 29.9 Å². The predicted molar refractivity (Wildman–Crippen MR) is 112 cm³/mol. The maximum Gasteiger partial charge on any atom is 0.235 e. The Morgan fingerprint density at radius 1 is 1.41 bits per heavy atom. The summed E-state index contributed by atoms with van der Waals surface area (Å²) in [5.41, 5.74) is 2.36. The lowest BCUT2D eigenvalue weighted by atomic mass is 10.2. The number of aromatic nitrogens is 4. The van der Waals surface area contributed by atoms with E-state index < -0.39 is 0 Å². The van der Waals surface area contributed by atoms with Crippen LogP contribution in [0.5, 0.6) is 0 Å². The lowest BCUT2D eigenvalue weighted by molar-refractivity contribution is -0.113. The molecule has 154 valence electrons. The maximum absolute atomic E-state index is 12.7. The molecule has 1 amide bonds. The van der Waals surface area contributed by atoms with Gasteiger partial charge in [0.15, 0.2) is 5.16 Å². The average Bonchev–Trinajstić information content (AvgIpc) is 3.39. The summed E-state index contributed by atoms with van der Waals surface area (Å²) in [4.78, 5) is 12.7. The summed E-state index contributed by atoms with van der Waals surface area (Å²) >= 11 is 1.31. The van der Waals surface area contributed by atoms with Gasteiger partial charge in [-0.1, -0.05) is 17.8 Å². The first kappa shape index (κ1) is 21.1. The number of thioether (sulfide) groups is 1. The van der Waals surface area contributed by atoms with Crippen LogP contribution >= 0.6 is 11.8 Å². The molecule has 2 aromatic rings. The molecule has 0 aliphatic carbocycles. The SMILES string of the molecule is C=CCn1c(C)nnc1SCC(=O)Nc1c(C#N)c(C)c(C)n1CC1CCCO1. The first-order chi connectivity index (χ1) is 14.0. The molecule has 0 radical (unpaired) electrons. The number of aryl methyl sites for hydroxylation is 1. The predicted octanol–water partition coefficient (Wildman–Crippen LogP) is 2.97. The normalized spacial score (nSPS) is 16.0. The number of rotatable bonds is 8. The summed E-state index contributed by atoms with van der Waals surface area (Å²) in [5.74, 6) is 1.30. The minimum absolute atomic E-state index is 0.109. The van der Waals surface area contributed by atoms with Crippen LogP contribution in [0.2, 0.25) is 0 Å². The molecule has 0 aromatic carbocycles. The number of nitriles is 1. The van der Waals surface area contributed by atoms with Crippen molar-refractivity contribution in [2.75, 3.05) is 17.7 Å². The zero-order valence-electron chi connectivity index (χ0n) is 17.1. The van der Waals surface area contributed by atoms with Gasteiger partial charge in [0, 0.05) is 18.8 Å². The Morgan fingerprint density at radius 2 is 2.21 bits per heavy atom. The molecular weight excluding hydrogens is 388 g/mol. The maximum atomic E-state index is 12.7. The smallest absolute Gasteiger partial charge is 0.235 e. The third-order valence-electron chi connectivity index (χ3n) is 5.15. The summed E-state index contributed by atoms with van der Waals surface area (Å²) in [6.07, 6.45) is 3.90. The van der Waals surface area contributed by atoms with Gasteiger partial charge in [-0.15, -0.1) is 16.8 Å². The molecule has 29 heavy (non-hydrogen) atoms. The van der Waals surface area contributed by atoms with Crippen molar-refractivity contribution >= 4 is 23.5 Å². The highest BCUT2D eigenvalue weighted by molar-refractivity contribution is 7.99. The Balaban J connectivity index is 1.75. The van der Waals surface area contributed by atoms with Crippen LogP contribution < -0.4 is 5.32 Å². The fourth-order valence-electron chi connectivity index (χ4n) is 3.46. The molecule has 3 rings (SSSR count). The first-order valence-corrected chi connectivity index (χ1v) is 10.6. The van der Waals surface area contributed by atoms with E-state index in [1.54, 1.807) is 6.08 Å². The van der Waals surface area contributed by atoms with Gasteiger partial charge in [0.05, 0.1) is 24.0 Å². The molecule has 9 heteroatoms. The van der Waals surface area contributed by atoms with Crippen molar-refractivity contribution in [2.45, 2.75) is 58.0 Å². The Bertz CT molecular complexity index is 949. The molecule has 3 heterocycles. The molecule has 1 aliphatic heterocycles. The average molecular weight is 415 g/mol. The van der Waals surface area contributed by atoms with Gasteiger partial charge in [0.1, 0.15) is 17.7 Å². The van der Waals surface area contributed by atoms with Gasteiger partial charge in [-0.05, 0) is 39.2 Å². The quantitative estimate of drug-likeness (QED) is 0.527. The third kappa shape index (κ3) is 4.54. The molecular formula is C20H26N6O2S. The van der Waals surface area contributed by atoms with E-state index in [1.165, 1.54) is 11.8 Å². The van der Waals surface area contributed by atoms with Crippen molar-refractivity contribution in [3.8, 4) is 6.07 Å². The fraction of sp³-hybridized carbons (Fsp3) is 0.500. The Labute approximate surface area is 174 Å². The highest BCUT2D eigenvalue weighted by atomic mass is 32.2. The zero-order valence-corrected chi connectivity index (χ0v) is 17.9. The van der Waals surface area contributed by atoms with E-state index >= 15 is 0 Å². The highest BCUT2D eigenvalue weighted by Gasteiger charge is 2.24. The molecule has 1 N–H and O–H groups in total. The molecule has 2 aromatic heterocycles. The minimum atomic E-state index is -0.191. The number of carbonyl (C=O) groups excluding carboxylic acids is 1. The summed E-state index contributed by atoms with van der Waals surface area (Å²) in [6, 6.07) is 2.24. The second-order valence-corrected chi connectivity index (χ2v) is 8.00. The first-order valence-electron chi connectivity index (χ1n) is 9.61. The monoisotopic (exact) mass is 414 g/mol. The van der Waals surface area contributed by atoms with Crippen molar-refractivity contribution in [3.63, 3.8) is 0 Å². The van der Waals surface area contributed by atoms with Crippen LogP contribution in [0.15, 0.2) is 17.8 Å². The van der Waals surface area contributed by atoms with E-state index in [0.29, 0.717) is 29.6 Å². The van der Waals surface area contributed by atoms with E-state index in [-0.39, 0.29) is 17.8 Å².